The molecular weight excluding hydrogens is 581 g/mol. The number of nitrogens with zero attached hydrogens (tertiary/aromatic N) is 1. The third-order valence-corrected chi connectivity index (χ3v) is 10.5. The molecule has 12 heteroatoms. The summed E-state index contributed by atoms with van der Waals surface area (Å²) in [5.74, 6) is -1.26. The standard InChI is InChI=1S/C27H29Cl2N3O5S2/c1-18-6-3-7-19(2)26(18)31-39(36,37)22-13-11-21(12-14-22)30-27(33)20-8-5-15-32(16-20)38(34,35)17-23-24(28)9-4-10-25(23)29/h3-4,6-7,9-14,20,31H,5,8,15-17H2,1-2H3,(H,30,33). The van der Waals surface area contributed by atoms with Crippen molar-refractivity contribution in [2.75, 3.05) is 23.1 Å². The van der Waals surface area contributed by atoms with Gasteiger partial charge in [0, 0.05) is 34.4 Å². The molecule has 39 heavy (non-hydrogen) atoms. The number of benzene rings is 3. The van der Waals surface area contributed by atoms with Gasteiger partial charge in [-0.3, -0.25) is 9.52 Å². The van der Waals surface area contributed by atoms with E-state index in [9.17, 15) is 21.6 Å². The number of nitrogens with one attached hydrogen (secondary N) is 2. The highest BCUT2D eigenvalue weighted by atomic mass is 35.5. The second-order valence-corrected chi connectivity index (χ2v) is 14.0. The second kappa shape index (κ2) is 11.9. The molecule has 1 saturated heterocycles. The van der Waals surface area contributed by atoms with Crippen molar-refractivity contribution >= 4 is 60.5 Å². The summed E-state index contributed by atoms with van der Waals surface area (Å²) in [5.41, 5.74) is 2.88. The van der Waals surface area contributed by atoms with Crippen molar-refractivity contribution in [1.29, 1.82) is 0 Å². The lowest BCUT2D eigenvalue weighted by molar-refractivity contribution is -0.120. The van der Waals surface area contributed by atoms with E-state index in [1.54, 1.807) is 18.2 Å². The molecule has 2 N–H and O–H groups in total. The predicted molar refractivity (Wildman–Crippen MR) is 155 cm³/mol. The van der Waals surface area contributed by atoms with Crippen molar-refractivity contribution in [3.8, 4) is 0 Å². The number of hydrogen-bond donors (Lipinski definition) is 2. The normalized spacial score (nSPS) is 16.6. The number of piperidine rings is 1. The zero-order valence-electron chi connectivity index (χ0n) is 21.4. The third kappa shape index (κ3) is 6.93. The van der Waals surface area contributed by atoms with Crippen LogP contribution < -0.4 is 10.0 Å². The maximum atomic E-state index is 13.1. The summed E-state index contributed by atoms with van der Waals surface area (Å²) in [6.45, 7) is 3.98. The number of sulfonamides is 2. The maximum absolute atomic E-state index is 13.1. The van der Waals surface area contributed by atoms with E-state index in [0.717, 1.165) is 11.1 Å². The topological polar surface area (TPSA) is 113 Å². The molecule has 1 atom stereocenters. The Bertz CT molecular complexity index is 1550. The van der Waals surface area contributed by atoms with E-state index >= 15 is 0 Å². The van der Waals surface area contributed by atoms with Crippen molar-refractivity contribution < 1.29 is 21.6 Å². The van der Waals surface area contributed by atoms with Crippen LogP contribution in [0.3, 0.4) is 0 Å². The number of aryl methyl sites for hydroxylation is 2. The van der Waals surface area contributed by atoms with Gasteiger partial charge in [-0.2, -0.15) is 0 Å². The van der Waals surface area contributed by atoms with Gasteiger partial charge in [0.1, 0.15) is 0 Å². The largest absolute Gasteiger partial charge is 0.326 e. The van der Waals surface area contributed by atoms with Gasteiger partial charge in [0.15, 0.2) is 0 Å². The lowest BCUT2D eigenvalue weighted by Gasteiger charge is -2.31. The highest BCUT2D eigenvalue weighted by Crippen LogP contribution is 2.29. The van der Waals surface area contributed by atoms with E-state index in [0.29, 0.717) is 36.3 Å². The molecule has 0 radical (unpaired) electrons. The molecule has 0 aromatic heterocycles. The first kappa shape index (κ1) is 29.4. The van der Waals surface area contributed by atoms with Crippen LogP contribution in [0.2, 0.25) is 10.0 Å². The van der Waals surface area contributed by atoms with Crippen LogP contribution in [0.15, 0.2) is 65.6 Å². The average molecular weight is 611 g/mol. The predicted octanol–water partition coefficient (Wildman–Crippen LogP) is 5.59. The fourth-order valence-corrected chi connectivity index (χ4v) is 8.05. The molecule has 208 valence electrons. The highest BCUT2D eigenvalue weighted by molar-refractivity contribution is 7.92. The Morgan fingerprint density at radius 3 is 2.13 bits per heavy atom. The molecule has 3 aromatic rings. The minimum atomic E-state index is -3.83. The lowest BCUT2D eigenvalue weighted by Crippen LogP contribution is -2.44. The van der Waals surface area contributed by atoms with Gasteiger partial charge in [-0.25, -0.2) is 21.1 Å². The summed E-state index contributed by atoms with van der Waals surface area (Å²) in [5, 5.41) is 3.32. The SMILES string of the molecule is Cc1cccc(C)c1NS(=O)(=O)c1ccc(NC(=O)C2CCCN(S(=O)(=O)Cc3c(Cl)cccc3Cl)C2)cc1. The Kier molecular flexibility index (Phi) is 8.92. The maximum Gasteiger partial charge on any atom is 0.261 e. The Balaban J connectivity index is 1.41. The molecule has 3 aromatic carbocycles. The summed E-state index contributed by atoms with van der Waals surface area (Å²) in [6, 6.07) is 16.2. The minimum absolute atomic E-state index is 0.0302. The molecule has 1 unspecified atom stereocenters. The van der Waals surface area contributed by atoms with Gasteiger partial charge in [-0.1, -0.05) is 47.5 Å². The highest BCUT2D eigenvalue weighted by Gasteiger charge is 2.33. The Morgan fingerprint density at radius 1 is 0.923 bits per heavy atom. The molecule has 8 nitrogen and oxygen atoms in total. The molecule has 1 fully saturated rings. The van der Waals surface area contributed by atoms with E-state index in [-0.39, 0.29) is 33.1 Å². The monoisotopic (exact) mass is 609 g/mol. The number of hydrogen-bond acceptors (Lipinski definition) is 5. The van der Waals surface area contributed by atoms with Crippen LogP contribution in [0.5, 0.6) is 0 Å². The van der Waals surface area contributed by atoms with Crippen molar-refractivity contribution in [3.63, 3.8) is 0 Å². The molecule has 0 aliphatic carbocycles. The second-order valence-electron chi connectivity index (χ2n) is 9.54. The van der Waals surface area contributed by atoms with Crippen molar-refractivity contribution in [2.45, 2.75) is 37.3 Å². The van der Waals surface area contributed by atoms with Gasteiger partial charge >= 0.3 is 0 Å². The lowest BCUT2D eigenvalue weighted by atomic mass is 9.99. The Morgan fingerprint density at radius 2 is 1.51 bits per heavy atom. The fourth-order valence-electron chi connectivity index (χ4n) is 4.48. The zero-order chi connectivity index (χ0) is 28.4. The number of carbonyl (C=O) groups excluding carboxylic acids is 1. The van der Waals surface area contributed by atoms with Gasteiger partial charge in [0.05, 0.1) is 22.3 Å². The number of halogens is 2. The molecular formula is C27H29Cl2N3O5S2. The minimum Gasteiger partial charge on any atom is -0.326 e. The van der Waals surface area contributed by atoms with E-state index in [4.69, 9.17) is 23.2 Å². The van der Waals surface area contributed by atoms with E-state index in [1.807, 2.05) is 32.0 Å². The molecule has 1 amide bonds. The number of carbonyl (C=O) groups is 1. The third-order valence-electron chi connectivity index (χ3n) is 6.69. The van der Waals surface area contributed by atoms with Crippen molar-refractivity contribution in [3.05, 3.63) is 87.4 Å². The van der Waals surface area contributed by atoms with Crippen molar-refractivity contribution in [2.24, 2.45) is 5.92 Å². The zero-order valence-corrected chi connectivity index (χ0v) is 24.6. The van der Waals surface area contributed by atoms with Crippen LogP contribution in [0.1, 0.15) is 29.5 Å². The molecule has 1 heterocycles. The van der Waals surface area contributed by atoms with E-state index in [1.165, 1.54) is 28.6 Å². The quantitative estimate of drug-likeness (QED) is 0.345. The molecule has 4 rings (SSSR count). The Labute approximate surface area is 239 Å². The van der Waals surface area contributed by atoms with Gasteiger partial charge in [0.2, 0.25) is 15.9 Å². The summed E-state index contributed by atoms with van der Waals surface area (Å²) in [6.07, 6.45) is 1.05. The van der Waals surface area contributed by atoms with E-state index in [2.05, 4.69) is 10.0 Å². The van der Waals surface area contributed by atoms with Crippen LogP contribution in [0.25, 0.3) is 0 Å². The summed E-state index contributed by atoms with van der Waals surface area (Å²) in [4.78, 5) is 13.1. The van der Waals surface area contributed by atoms with Gasteiger partial charge in [0.25, 0.3) is 10.0 Å². The number of rotatable bonds is 8. The first-order valence-corrected chi connectivity index (χ1v) is 16.1. The van der Waals surface area contributed by atoms with Gasteiger partial charge in [-0.05, 0) is 74.2 Å². The van der Waals surface area contributed by atoms with Gasteiger partial charge in [-0.15, -0.1) is 0 Å². The number of amides is 1. The molecule has 0 bridgehead atoms. The van der Waals surface area contributed by atoms with Crippen LogP contribution in [0.4, 0.5) is 11.4 Å². The van der Waals surface area contributed by atoms with Crippen LogP contribution in [-0.4, -0.2) is 40.1 Å². The smallest absolute Gasteiger partial charge is 0.261 e. The fraction of sp³-hybridized carbons (Fsp3) is 0.296. The summed E-state index contributed by atoms with van der Waals surface area (Å²) in [7, 11) is -7.60. The van der Waals surface area contributed by atoms with Crippen molar-refractivity contribution in [1.82, 2.24) is 4.31 Å². The first-order chi connectivity index (χ1) is 18.4. The average Bonchev–Trinajstić information content (AvgIpc) is 2.89. The first-order valence-electron chi connectivity index (χ1n) is 12.3. The number of anilines is 2. The molecule has 1 aliphatic heterocycles. The number of para-hydroxylation sites is 1. The Hall–Kier alpha value is -2.63. The summed E-state index contributed by atoms with van der Waals surface area (Å²) < 4.78 is 56.0. The van der Waals surface area contributed by atoms with Crippen LogP contribution in [-0.2, 0) is 30.6 Å². The van der Waals surface area contributed by atoms with Crippen LogP contribution in [0, 0.1) is 19.8 Å². The van der Waals surface area contributed by atoms with E-state index < -0.39 is 26.0 Å². The molecule has 1 aliphatic rings. The van der Waals surface area contributed by atoms with Crippen LogP contribution >= 0.6 is 23.2 Å². The summed E-state index contributed by atoms with van der Waals surface area (Å²) >= 11 is 12.3. The molecule has 0 spiro atoms. The molecule has 0 saturated carbocycles. The van der Waals surface area contributed by atoms with Gasteiger partial charge < -0.3 is 5.32 Å².